The summed E-state index contributed by atoms with van der Waals surface area (Å²) in [6.45, 7) is 3.45. The minimum absolute atomic E-state index is 0.151. The fraction of sp³-hybridized carbons (Fsp3) is 0.412. The van der Waals surface area contributed by atoms with Crippen LogP contribution in [0.2, 0.25) is 0 Å². The number of hydrogen-bond acceptors (Lipinski definition) is 4. The van der Waals surface area contributed by atoms with Crippen LogP contribution in [0.4, 0.5) is 0 Å². The average molecular weight is 314 g/mol. The molecule has 0 saturated heterocycles. The van der Waals surface area contributed by atoms with Gasteiger partial charge in [-0.05, 0) is 18.9 Å². The van der Waals surface area contributed by atoms with E-state index in [1.54, 1.807) is 0 Å². The third-order valence-electron chi connectivity index (χ3n) is 4.16. The third kappa shape index (κ3) is 3.60. The molecule has 0 fully saturated rings. The maximum atomic E-state index is 12.4. The quantitative estimate of drug-likeness (QED) is 0.669. The van der Waals surface area contributed by atoms with Crippen molar-refractivity contribution in [1.82, 2.24) is 20.8 Å². The van der Waals surface area contributed by atoms with Gasteiger partial charge in [-0.25, -0.2) is 0 Å². The van der Waals surface area contributed by atoms with Gasteiger partial charge in [0.15, 0.2) is 5.69 Å². The topological polar surface area (TPSA) is 90.0 Å². The van der Waals surface area contributed by atoms with Crippen molar-refractivity contribution < 1.29 is 9.90 Å². The molecule has 0 radical (unpaired) electrons. The van der Waals surface area contributed by atoms with E-state index < -0.39 is 6.10 Å². The minimum Gasteiger partial charge on any atom is -0.388 e. The lowest BCUT2D eigenvalue weighted by molar-refractivity contribution is 0.0911. The number of hydrogen-bond donors (Lipinski definition) is 4. The van der Waals surface area contributed by atoms with Crippen molar-refractivity contribution in [2.24, 2.45) is 0 Å². The molecule has 4 N–H and O–H groups in total. The zero-order valence-corrected chi connectivity index (χ0v) is 13.2. The van der Waals surface area contributed by atoms with Gasteiger partial charge in [-0.3, -0.25) is 9.89 Å². The second kappa shape index (κ2) is 6.93. The van der Waals surface area contributed by atoms with E-state index in [-0.39, 0.29) is 11.9 Å². The van der Waals surface area contributed by atoms with E-state index in [1.165, 1.54) is 0 Å². The van der Waals surface area contributed by atoms with Crippen molar-refractivity contribution >= 4 is 5.91 Å². The Bertz CT molecular complexity index is 668. The van der Waals surface area contributed by atoms with E-state index in [0.717, 1.165) is 29.8 Å². The van der Waals surface area contributed by atoms with E-state index in [9.17, 15) is 9.90 Å². The Morgan fingerprint density at radius 3 is 2.96 bits per heavy atom. The Labute approximate surface area is 135 Å². The highest BCUT2D eigenvalue weighted by Crippen LogP contribution is 2.19. The monoisotopic (exact) mass is 314 g/mol. The lowest BCUT2D eigenvalue weighted by atomic mass is 10.0. The number of nitrogens with one attached hydrogen (secondary N) is 3. The highest BCUT2D eigenvalue weighted by atomic mass is 16.3. The first kappa shape index (κ1) is 15.7. The van der Waals surface area contributed by atoms with Gasteiger partial charge in [0.2, 0.25) is 0 Å². The van der Waals surface area contributed by atoms with E-state index >= 15 is 0 Å². The molecule has 6 nitrogen and oxygen atoms in total. The first-order valence-electron chi connectivity index (χ1n) is 7.96. The van der Waals surface area contributed by atoms with Gasteiger partial charge < -0.3 is 15.7 Å². The number of carbonyl (C=O) groups excluding carboxylic acids is 1. The molecule has 1 aromatic heterocycles. The maximum absolute atomic E-state index is 12.4. The van der Waals surface area contributed by atoms with Crippen LogP contribution in [-0.4, -0.2) is 33.8 Å². The number of rotatable bonds is 5. The van der Waals surface area contributed by atoms with Gasteiger partial charge in [0.05, 0.1) is 6.10 Å². The molecule has 3 rings (SSSR count). The lowest BCUT2D eigenvalue weighted by Gasteiger charge is -2.18. The molecule has 6 heteroatoms. The van der Waals surface area contributed by atoms with Crippen LogP contribution in [0.25, 0.3) is 0 Å². The van der Waals surface area contributed by atoms with Crippen LogP contribution in [0, 0.1) is 0 Å². The number of benzene rings is 1. The molecule has 1 aromatic carbocycles. The van der Waals surface area contributed by atoms with E-state index in [1.807, 2.05) is 37.3 Å². The summed E-state index contributed by atoms with van der Waals surface area (Å²) >= 11 is 0. The smallest absolute Gasteiger partial charge is 0.272 e. The molecular weight excluding hydrogens is 292 g/mol. The summed E-state index contributed by atoms with van der Waals surface area (Å²) in [7, 11) is 0. The molecule has 0 spiro atoms. The molecule has 2 heterocycles. The van der Waals surface area contributed by atoms with Gasteiger partial charge in [0, 0.05) is 36.8 Å². The average Bonchev–Trinajstić information content (AvgIpc) is 2.99. The number of aromatic amines is 1. The molecule has 1 aliphatic heterocycles. The minimum atomic E-state index is -0.596. The second-order valence-electron chi connectivity index (χ2n) is 5.99. The van der Waals surface area contributed by atoms with Crippen LogP contribution >= 0.6 is 0 Å². The Hall–Kier alpha value is -2.18. The number of H-pyrrole nitrogens is 1. The van der Waals surface area contributed by atoms with Gasteiger partial charge in [-0.2, -0.15) is 5.10 Å². The third-order valence-corrected chi connectivity index (χ3v) is 4.16. The molecule has 2 unspecified atom stereocenters. The molecule has 0 saturated carbocycles. The van der Waals surface area contributed by atoms with Gasteiger partial charge in [-0.1, -0.05) is 30.3 Å². The van der Waals surface area contributed by atoms with E-state index in [4.69, 9.17) is 0 Å². The van der Waals surface area contributed by atoms with Crippen LogP contribution < -0.4 is 10.6 Å². The molecular formula is C17H22N4O2. The van der Waals surface area contributed by atoms with Crippen LogP contribution in [0.3, 0.4) is 0 Å². The fourth-order valence-corrected chi connectivity index (χ4v) is 2.91. The predicted octanol–water partition coefficient (Wildman–Crippen LogP) is 1.30. The Kier molecular flexibility index (Phi) is 4.73. The Morgan fingerprint density at radius 1 is 1.39 bits per heavy atom. The van der Waals surface area contributed by atoms with Gasteiger partial charge in [-0.15, -0.1) is 0 Å². The van der Waals surface area contributed by atoms with Crippen molar-refractivity contribution in [3.63, 3.8) is 0 Å². The summed E-state index contributed by atoms with van der Waals surface area (Å²) < 4.78 is 0. The van der Waals surface area contributed by atoms with Crippen molar-refractivity contribution in [2.75, 3.05) is 6.54 Å². The van der Waals surface area contributed by atoms with Crippen LogP contribution in [0.15, 0.2) is 30.3 Å². The summed E-state index contributed by atoms with van der Waals surface area (Å²) in [5.41, 5.74) is 3.29. The molecule has 122 valence electrons. The largest absolute Gasteiger partial charge is 0.388 e. The van der Waals surface area contributed by atoms with Gasteiger partial charge in [0.25, 0.3) is 5.91 Å². The molecule has 23 heavy (non-hydrogen) atoms. The highest BCUT2D eigenvalue weighted by Gasteiger charge is 2.23. The zero-order chi connectivity index (χ0) is 16.2. The SMILES string of the molecule is CC(CC(O)c1ccccc1)NC(=O)c1n[nH]c2c1CNCC2. The number of aliphatic hydroxyl groups excluding tert-OH is 1. The number of fused-ring (bicyclic) bond motifs is 1. The number of aromatic nitrogens is 2. The number of nitrogens with zero attached hydrogens (tertiary/aromatic N) is 1. The molecule has 0 aliphatic carbocycles. The number of carbonyl (C=O) groups is 1. The molecule has 1 amide bonds. The summed E-state index contributed by atoms with van der Waals surface area (Å²) in [6, 6.07) is 9.32. The van der Waals surface area contributed by atoms with Crippen molar-refractivity contribution in [1.29, 1.82) is 0 Å². The van der Waals surface area contributed by atoms with Crippen molar-refractivity contribution in [3.05, 3.63) is 52.8 Å². The normalized spacial score (nSPS) is 16.4. The molecule has 0 bridgehead atoms. The Balaban J connectivity index is 1.60. The van der Waals surface area contributed by atoms with Crippen LogP contribution in [-0.2, 0) is 13.0 Å². The first-order chi connectivity index (χ1) is 11.1. The van der Waals surface area contributed by atoms with Gasteiger partial charge >= 0.3 is 0 Å². The fourth-order valence-electron chi connectivity index (χ4n) is 2.91. The Morgan fingerprint density at radius 2 is 2.17 bits per heavy atom. The predicted molar refractivity (Wildman–Crippen MR) is 86.9 cm³/mol. The summed E-state index contributed by atoms with van der Waals surface area (Å²) in [5, 5.41) is 23.5. The summed E-state index contributed by atoms with van der Waals surface area (Å²) in [4.78, 5) is 12.4. The molecule has 2 aromatic rings. The molecule has 1 aliphatic rings. The summed E-state index contributed by atoms with van der Waals surface area (Å²) in [6.07, 6.45) is 0.722. The summed E-state index contributed by atoms with van der Waals surface area (Å²) in [5.74, 6) is -0.195. The number of amides is 1. The van der Waals surface area contributed by atoms with Crippen molar-refractivity contribution in [3.8, 4) is 0 Å². The standard InChI is InChI=1S/C17H22N4O2/c1-11(9-15(22)12-5-3-2-4-6-12)19-17(23)16-13-10-18-8-7-14(13)20-21-16/h2-6,11,15,18,22H,7-10H2,1H3,(H,19,23)(H,20,21). The second-order valence-corrected chi connectivity index (χ2v) is 5.99. The van der Waals surface area contributed by atoms with Gasteiger partial charge in [0.1, 0.15) is 0 Å². The first-order valence-corrected chi connectivity index (χ1v) is 7.96. The lowest BCUT2D eigenvalue weighted by Crippen LogP contribution is -2.35. The van der Waals surface area contributed by atoms with Crippen LogP contribution in [0.5, 0.6) is 0 Å². The molecule has 2 atom stereocenters. The van der Waals surface area contributed by atoms with E-state index in [2.05, 4.69) is 20.8 Å². The highest BCUT2D eigenvalue weighted by molar-refractivity contribution is 5.94. The van der Waals surface area contributed by atoms with Crippen molar-refractivity contribution in [2.45, 2.75) is 38.5 Å². The maximum Gasteiger partial charge on any atom is 0.272 e. The number of aliphatic hydroxyl groups is 1. The zero-order valence-electron chi connectivity index (χ0n) is 13.2. The van der Waals surface area contributed by atoms with Crippen LogP contribution in [0.1, 0.15) is 46.8 Å². The van der Waals surface area contributed by atoms with E-state index in [0.29, 0.717) is 18.7 Å².